The van der Waals surface area contributed by atoms with Crippen LogP contribution in [-0.4, -0.2) is 28.7 Å². The second-order valence-corrected chi connectivity index (χ2v) is 4.03. The van der Waals surface area contributed by atoms with Crippen molar-refractivity contribution in [2.24, 2.45) is 10.7 Å². The van der Waals surface area contributed by atoms with E-state index in [1.165, 1.54) is 6.20 Å². The quantitative estimate of drug-likeness (QED) is 0.759. The second kappa shape index (κ2) is 3.55. The molecule has 8 heteroatoms. The predicted molar refractivity (Wildman–Crippen MR) is 53.1 cm³/mol. The molecule has 2 N–H and O–H groups in total. The summed E-state index contributed by atoms with van der Waals surface area (Å²) in [6.45, 7) is 0.170. The van der Waals surface area contributed by atoms with Gasteiger partial charge in [0.25, 0.3) is 5.91 Å². The molecule has 0 aromatic rings. The first-order valence-electron chi connectivity index (χ1n) is 4.20. The van der Waals surface area contributed by atoms with E-state index in [-0.39, 0.29) is 11.7 Å². The van der Waals surface area contributed by atoms with Crippen molar-refractivity contribution in [1.29, 1.82) is 0 Å². The zero-order chi connectivity index (χ0) is 11.9. The number of amidine groups is 1. The Morgan fingerprint density at radius 3 is 2.81 bits per heavy atom. The Labute approximate surface area is 92.7 Å². The Kier molecular flexibility index (Phi) is 2.45. The zero-order valence-electron chi connectivity index (χ0n) is 7.78. The summed E-state index contributed by atoms with van der Waals surface area (Å²) in [5, 5.41) is 0.128. The molecule has 0 fully saturated rings. The van der Waals surface area contributed by atoms with Crippen molar-refractivity contribution in [1.82, 2.24) is 4.90 Å². The lowest BCUT2D eigenvalue weighted by molar-refractivity contribution is -0.117. The van der Waals surface area contributed by atoms with Crippen LogP contribution in [0.3, 0.4) is 0 Å². The minimum atomic E-state index is -4.59. The van der Waals surface area contributed by atoms with E-state index in [1.807, 2.05) is 0 Å². The van der Waals surface area contributed by atoms with Gasteiger partial charge in [0.05, 0.1) is 0 Å². The van der Waals surface area contributed by atoms with Crippen LogP contribution in [0.2, 0.25) is 0 Å². The van der Waals surface area contributed by atoms with Gasteiger partial charge in [-0.3, -0.25) is 4.79 Å². The van der Waals surface area contributed by atoms with Crippen LogP contribution < -0.4 is 5.73 Å². The first kappa shape index (κ1) is 11.1. The number of thioether (sulfide) groups is 1. The van der Waals surface area contributed by atoms with Crippen molar-refractivity contribution in [3.05, 3.63) is 22.9 Å². The smallest absolute Gasteiger partial charge is 0.364 e. The molecule has 2 aliphatic heterocycles. The number of amides is 1. The minimum absolute atomic E-state index is 0.128. The summed E-state index contributed by atoms with van der Waals surface area (Å²) in [6.07, 6.45) is -1.64. The van der Waals surface area contributed by atoms with Gasteiger partial charge in [-0.25, -0.2) is 4.99 Å². The largest absolute Gasteiger partial charge is 0.424 e. The fraction of sp³-hybridized carbons (Fsp3) is 0.250. The summed E-state index contributed by atoms with van der Waals surface area (Å²) >= 11 is 0.416. The third-order valence-electron chi connectivity index (χ3n) is 1.98. The van der Waals surface area contributed by atoms with Crippen LogP contribution in [0, 0.1) is 0 Å². The molecule has 0 atom stereocenters. The molecule has 0 aromatic heterocycles. The van der Waals surface area contributed by atoms with Gasteiger partial charge in [-0.15, -0.1) is 0 Å². The second-order valence-electron chi connectivity index (χ2n) is 3.05. The molecule has 0 radical (unpaired) electrons. The summed E-state index contributed by atoms with van der Waals surface area (Å²) in [6, 6.07) is 0. The van der Waals surface area contributed by atoms with Crippen LogP contribution in [0.15, 0.2) is 27.9 Å². The van der Waals surface area contributed by atoms with E-state index in [4.69, 9.17) is 5.73 Å². The number of fused-ring (bicyclic) bond motifs is 1. The molecule has 1 amide bonds. The highest BCUT2D eigenvalue weighted by molar-refractivity contribution is 8.17. The molecule has 2 aliphatic rings. The standard InChI is InChI=1S/C8H6F3N3OS/c9-8(10,11)5-4(6(12)15)14-3-1-2-13-7(14)16-5/h1-2H,3H2,(H2,12,15). The molecule has 0 unspecified atom stereocenters. The molecule has 0 aromatic carbocycles. The van der Waals surface area contributed by atoms with Gasteiger partial charge in [-0.1, -0.05) is 0 Å². The van der Waals surface area contributed by atoms with E-state index >= 15 is 0 Å². The van der Waals surface area contributed by atoms with E-state index in [0.717, 1.165) is 4.90 Å². The lowest BCUT2D eigenvalue weighted by Crippen LogP contribution is -2.33. The number of carbonyl (C=O) groups excluding carboxylic acids is 1. The zero-order valence-corrected chi connectivity index (χ0v) is 8.60. The number of alkyl halides is 3. The lowest BCUT2D eigenvalue weighted by Gasteiger charge is -2.20. The first-order valence-corrected chi connectivity index (χ1v) is 5.02. The lowest BCUT2D eigenvalue weighted by atomic mass is 10.3. The van der Waals surface area contributed by atoms with Gasteiger partial charge in [-0.05, 0) is 17.8 Å². The minimum Gasteiger partial charge on any atom is -0.364 e. The predicted octanol–water partition coefficient (Wildman–Crippen LogP) is 1.18. The molecule has 4 nitrogen and oxygen atoms in total. The Hall–Kier alpha value is -1.44. The van der Waals surface area contributed by atoms with Gasteiger partial charge >= 0.3 is 6.18 Å². The van der Waals surface area contributed by atoms with E-state index in [2.05, 4.69) is 4.99 Å². The van der Waals surface area contributed by atoms with Gasteiger partial charge < -0.3 is 10.6 Å². The normalized spacial score (nSPS) is 19.9. The average molecular weight is 249 g/mol. The van der Waals surface area contributed by atoms with Gasteiger partial charge in [0.15, 0.2) is 5.17 Å². The highest BCUT2D eigenvalue weighted by Crippen LogP contribution is 2.44. The number of nitrogens with zero attached hydrogens (tertiary/aromatic N) is 2. The molecule has 16 heavy (non-hydrogen) atoms. The van der Waals surface area contributed by atoms with Crippen LogP contribution in [0.1, 0.15) is 0 Å². The van der Waals surface area contributed by atoms with Crippen LogP contribution in [0.25, 0.3) is 0 Å². The van der Waals surface area contributed by atoms with Crippen molar-refractivity contribution in [3.63, 3.8) is 0 Å². The molecule has 0 saturated heterocycles. The van der Waals surface area contributed by atoms with E-state index in [0.29, 0.717) is 11.8 Å². The summed E-state index contributed by atoms with van der Waals surface area (Å²) in [7, 11) is 0. The Morgan fingerprint density at radius 1 is 1.56 bits per heavy atom. The molecule has 86 valence electrons. The number of hydrogen-bond donors (Lipinski definition) is 1. The molecule has 0 aliphatic carbocycles. The number of primary amides is 1. The molecule has 2 heterocycles. The number of hydrogen-bond acceptors (Lipinski definition) is 4. The highest BCUT2D eigenvalue weighted by atomic mass is 32.2. The Morgan fingerprint density at radius 2 is 2.25 bits per heavy atom. The fourth-order valence-electron chi connectivity index (χ4n) is 1.38. The maximum atomic E-state index is 12.6. The Balaban J connectivity index is 2.48. The number of allylic oxidation sites excluding steroid dienone is 1. The van der Waals surface area contributed by atoms with Crippen LogP contribution in [0.4, 0.5) is 13.2 Å². The van der Waals surface area contributed by atoms with Gasteiger partial charge in [-0.2, -0.15) is 13.2 Å². The van der Waals surface area contributed by atoms with E-state index in [1.54, 1.807) is 6.08 Å². The Bertz CT molecular complexity index is 438. The molecule has 0 spiro atoms. The number of aliphatic imine (C=N–C) groups is 1. The van der Waals surface area contributed by atoms with Crippen molar-refractivity contribution >= 4 is 22.8 Å². The summed E-state index contributed by atoms with van der Waals surface area (Å²) in [5.41, 5.74) is 4.43. The van der Waals surface area contributed by atoms with Crippen molar-refractivity contribution in [2.75, 3.05) is 6.54 Å². The summed E-state index contributed by atoms with van der Waals surface area (Å²) < 4.78 is 37.9. The third kappa shape index (κ3) is 1.69. The van der Waals surface area contributed by atoms with Gasteiger partial charge in [0.2, 0.25) is 0 Å². The maximum Gasteiger partial charge on any atom is 0.424 e. The van der Waals surface area contributed by atoms with Gasteiger partial charge in [0, 0.05) is 12.7 Å². The number of nitrogens with two attached hydrogens (primary N) is 1. The van der Waals surface area contributed by atoms with Crippen molar-refractivity contribution < 1.29 is 18.0 Å². The highest BCUT2D eigenvalue weighted by Gasteiger charge is 2.46. The summed E-state index contributed by atoms with van der Waals surface area (Å²) in [4.78, 5) is 15.0. The maximum absolute atomic E-state index is 12.6. The van der Waals surface area contributed by atoms with Crippen molar-refractivity contribution in [2.45, 2.75) is 6.18 Å². The van der Waals surface area contributed by atoms with E-state index in [9.17, 15) is 18.0 Å². The van der Waals surface area contributed by atoms with Crippen molar-refractivity contribution in [3.8, 4) is 0 Å². The number of halogens is 3. The topological polar surface area (TPSA) is 58.7 Å². The van der Waals surface area contributed by atoms with Gasteiger partial charge in [0.1, 0.15) is 10.6 Å². The molecule has 0 bridgehead atoms. The van der Waals surface area contributed by atoms with Crippen LogP contribution >= 0.6 is 11.8 Å². The molecular weight excluding hydrogens is 243 g/mol. The third-order valence-corrected chi connectivity index (χ3v) is 3.12. The monoisotopic (exact) mass is 249 g/mol. The number of carbonyl (C=O) groups is 1. The molecule has 2 rings (SSSR count). The fourth-order valence-corrected chi connectivity index (χ4v) is 2.38. The average Bonchev–Trinajstić information content (AvgIpc) is 2.55. The molecular formula is C8H6F3N3OS. The number of rotatable bonds is 1. The summed E-state index contributed by atoms with van der Waals surface area (Å²) in [5.74, 6) is -1.10. The SMILES string of the molecule is NC(=O)C1=C(C(F)(F)F)SC2=NC=CCN21. The molecule has 0 saturated carbocycles. The van der Waals surface area contributed by atoms with E-state index < -0.39 is 22.7 Å². The van der Waals surface area contributed by atoms with Crippen LogP contribution in [-0.2, 0) is 4.79 Å². The first-order chi connectivity index (χ1) is 7.41. The van der Waals surface area contributed by atoms with Crippen LogP contribution in [0.5, 0.6) is 0 Å².